The molecule has 3 fully saturated rings. The van der Waals surface area contributed by atoms with Crippen LogP contribution >= 0.6 is 0 Å². The van der Waals surface area contributed by atoms with Crippen LogP contribution in [-0.4, -0.2) is 49.7 Å². The number of amides is 1. The molecule has 7 heteroatoms. The minimum absolute atomic E-state index is 0.0340. The number of piperidine rings is 1. The van der Waals surface area contributed by atoms with Gasteiger partial charge < -0.3 is 15.0 Å². The topological polar surface area (TPSA) is 41.6 Å². The maximum atomic E-state index is 14.7. The van der Waals surface area contributed by atoms with Crippen LogP contribution in [0.15, 0.2) is 42.5 Å². The molecule has 3 saturated heterocycles. The van der Waals surface area contributed by atoms with Crippen molar-refractivity contribution in [3.63, 3.8) is 0 Å². The average Bonchev–Trinajstić information content (AvgIpc) is 3.18. The number of likely N-dealkylation sites (tertiary alicyclic amines) is 1. The summed E-state index contributed by atoms with van der Waals surface area (Å²) in [6.07, 6.45) is 1.74. The summed E-state index contributed by atoms with van der Waals surface area (Å²) in [5.74, 6) is -1.76. The van der Waals surface area contributed by atoms with Gasteiger partial charge in [0, 0.05) is 50.2 Å². The van der Waals surface area contributed by atoms with Gasteiger partial charge in [-0.25, -0.2) is 13.2 Å². The Morgan fingerprint density at radius 1 is 1.06 bits per heavy atom. The molecule has 32 heavy (non-hydrogen) atoms. The predicted molar refractivity (Wildman–Crippen MR) is 114 cm³/mol. The van der Waals surface area contributed by atoms with E-state index >= 15 is 0 Å². The summed E-state index contributed by atoms with van der Waals surface area (Å²) in [5, 5.41) is 3.37. The van der Waals surface area contributed by atoms with Crippen molar-refractivity contribution in [1.29, 1.82) is 0 Å². The Balaban J connectivity index is 1.52. The molecule has 5 rings (SSSR count). The second-order valence-corrected chi connectivity index (χ2v) is 9.16. The van der Waals surface area contributed by atoms with Crippen LogP contribution < -0.4 is 5.32 Å². The van der Waals surface area contributed by atoms with Crippen molar-refractivity contribution in [3.8, 4) is 0 Å². The molecule has 0 saturated carbocycles. The largest absolute Gasteiger partial charge is 0.381 e. The van der Waals surface area contributed by atoms with Crippen molar-refractivity contribution in [2.24, 2.45) is 5.92 Å². The molecule has 3 aliphatic rings. The van der Waals surface area contributed by atoms with Crippen molar-refractivity contribution in [2.45, 2.75) is 36.6 Å². The van der Waals surface area contributed by atoms with Gasteiger partial charge in [-0.2, -0.15) is 0 Å². The second kappa shape index (κ2) is 8.52. The Morgan fingerprint density at radius 3 is 2.59 bits per heavy atom. The molecule has 2 aromatic carbocycles. The fraction of sp³-hybridized carbons (Fsp3) is 0.480. The molecular weight excluding hydrogens is 417 g/mol. The summed E-state index contributed by atoms with van der Waals surface area (Å²) < 4.78 is 47.9. The first-order chi connectivity index (χ1) is 15.5. The smallest absolute Gasteiger partial charge is 0.233 e. The van der Waals surface area contributed by atoms with E-state index in [2.05, 4.69) is 5.32 Å². The van der Waals surface area contributed by atoms with Gasteiger partial charge in [-0.05, 0) is 55.1 Å². The fourth-order valence-electron chi connectivity index (χ4n) is 5.92. The molecule has 2 aromatic rings. The number of nitrogens with one attached hydrogen (secondary N) is 1. The zero-order valence-corrected chi connectivity index (χ0v) is 17.8. The molecule has 0 unspecified atom stereocenters. The SMILES string of the molecule is O=C(N1C[C@H](c2ccc(F)cc2F)[C@H]2CNCC[C@H]21)C1(c2cccc(F)c2)CCOCC1. The van der Waals surface area contributed by atoms with Gasteiger partial charge in [0.05, 0.1) is 5.41 Å². The fourth-order valence-corrected chi connectivity index (χ4v) is 5.92. The van der Waals surface area contributed by atoms with Gasteiger partial charge in [0.15, 0.2) is 0 Å². The number of fused-ring (bicyclic) bond motifs is 1. The van der Waals surface area contributed by atoms with Gasteiger partial charge >= 0.3 is 0 Å². The first-order valence-corrected chi connectivity index (χ1v) is 11.3. The quantitative estimate of drug-likeness (QED) is 0.784. The number of ether oxygens (including phenoxy) is 1. The van der Waals surface area contributed by atoms with Gasteiger partial charge in [0.25, 0.3) is 0 Å². The second-order valence-electron chi connectivity index (χ2n) is 9.16. The number of hydrogen-bond donors (Lipinski definition) is 1. The summed E-state index contributed by atoms with van der Waals surface area (Å²) in [5.41, 5.74) is 0.270. The molecule has 0 radical (unpaired) electrons. The van der Waals surface area contributed by atoms with Gasteiger partial charge in [-0.15, -0.1) is 0 Å². The molecule has 3 heterocycles. The van der Waals surface area contributed by atoms with Gasteiger partial charge in [0.2, 0.25) is 5.91 Å². The highest BCUT2D eigenvalue weighted by atomic mass is 19.1. The number of hydrogen-bond acceptors (Lipinski definition) is 3. The van der Waals surface area contributed by atoms with Crippen molar-refractivity contribution in [1.82, 2.24) is 10.2 Å². The lowest BCUT2D eigenvalue weighted by molar-refractivity contribution is -0.143. The number of nitrogens with zero attached hydrogens (tertiary/aromatic N) is 1. The Morgan fingerprint density at radius 2 is 1.84 bits per heavy atom. The van der Waals surface area contributed by atoms with Crippen LogP contribution in [0.5, 0.6) is 0 Å². The highest BCUT2D eigenvalue weighted by molar-refractivity contribution is 5.89. The van der Waals surface area contributed by atoms with Crippen LogP contribution in [0, 0.1) is 23.4 Å². The first-order valence-electron chi connectivity index (χ1n) is 11.3. The first kappa shape index (κ1) is 21.5. The van der Waals surface area contributed by atoms with Crippen molar-refractivity contribution in [2.75, 3.05) is 32.8 Å². The lowest BCUT2D eigenvalue weighted by Crippen LogP contribution is -2.54. The summed E-state index contributed by atoms with van der Waals surface area (Å²) >= 11 is 0. The van der Waals surface area contributed by atoms with Gasteiger partial charge in [0.1, 0.15) is 17.5 Å². The van der Waals surface area contributed by atoms with Crippen LogP contribution in [-0.2, 0) is 14.9 Å². The zero-order valence-electron chi connectivity index (χ0n) is 17.8. The van der Waals surface area contributed by atoms with E-state index in [1.807, 2.05) is 11.0 Å². The maximum absolute atomic E-state index is 14.7. The third kappa shape index (κ3) is 3.61. The maximum Gasteiger partial charge on any atom is 0.233 e. The number of rotatable bonds is 3. The standard InChI is InChI=1S/C25H27F3N2O2/c26-17-3-1-2-16(12-17)25(7-10-32-11-8-25)24(31)30-15-21(20-14-29-9-6-23(20)30)19-5-4-18(27)13-22(19)28/h1-5,12-13,20-21,23,29H,6-11,14-15H2/t20-,21-,23-/m1/s1. The van der Waals surface area contributed by atoms with E-state index in [4.69, 9.17) is 4.74 Å². The molecule has 0 aliphatic carbocycles. The van der Waals surface area contributed by atoms with E-state index < -0.39 is 17.0 Å². The number of carbonyl (C=O) groups excluding carboxylic acids is 1. The molecule has 170 valence electrons. The van der Waals surface area contributed by atoms with E-state index in [0.717, 1.165) is 19.0 Å². The molecule has 0 aromatic heterocycles. The average molecular weight is 444 g/mol. The van der Waals surface area contributed by atoms with Crippen molar-refractivity contribution < 1.29 is 22.7 Å². The molecule has 3 atom stereocenters. The Bertz CT molecular complexity index is 1010. The van der Waals surface area contributed by atoms with E-state index in [1.54, 1.807) is 6.07 Å². The lowest BCUT2D eigenvalue weighted by atomic mass is 9.72. The van der Waals surface area contributed by atoms with Crippen LogP contribution in [0.4, 0.5) is 13.2 Å². The Labute approximate surface area is 185 Å². The molecule has 4 nitrogen and oxygen atoms in total. The summed E-state index contributed by atoms with van der Waals surface area (Å²) in [6.45, 7) is 2.69. The summed E-state index contributed by atoms with van der Waals surface area (Å²) in [4.78, 5) is 16.1. The highest BCUT2D eigenvalue weighted by Crippen LogP contribution is 2.45. The molecule has 3 aliphatic heterocycles. The lowest BCUT2D eigenvalue weighted by Gasteiger charge is -2.42. The van der Waals surface area contributed by atoms with E-state index in [9.17, 15) is 18.0 Å². The zero-order chi connectivity index (χ0) is 22.3. The minimum atomic E-state index is -0.855. The van der Waals surface area contributed by atoms with Gasteiger partial charge in [-0.3, -0.25) is 4.79 Å². The molecule has 1 N–H and O–H groups in total. The number of benzene rings is 2. The van der Waals surface area contributed by atoms with Crippen molar-refractivity contribution in [3.05, 3.63) is 71.0 Å². The third-order valence-electron chi connectivity index (χ3n) is 7.56. The minimum Gasteiger partial charge on any atom is -0.381 e. The van der Waals surface area contributed by atoms with Crippen LogP contribution in [0.25, 0.3) is 0 Å². The molecule has 1 amide bonds. The van der Waals surface area contributed by atoms with Crippen molar-refractivity contribution >= 4 is 5.91 Å². The predicted octanol–water partition coefficient (Wildman–Crippen LogP) is 3.76. The number of carbonyl (C=O) groups is 1. The highest BCUT2D eigenvalue weighted by Gasteiger charge is 2.52. The van der Waals surface area contributed by atoms with Crippen LogP contribution in [0.2, 0.25) is 0 Å². The Kier molecular flexibility index (Phi) is 5.72. The Hall–Kier alpha value is -2.38. The van der Waals surface area contributed by atoms with Crippen LogP contribution in [0.1, 0.15) is 36.3 Å². The molecule has 0 spiro atoms. The van der Waals surface area contributed by atoms with Gasteiger partial charge in [-0.1, -0.05) is 18.2 Å². The third-order valence-corrected chi connectivity index (χ3v) is 7.56. The van der Waals surface area contributed by atoms with E-state index in [-0.39, 0.29) is 29.6 Å². The van der Waals surface area contributed by atoms with Crippen LogP contribution in [0.3, 0.4) is 0 Å². The number of halogens is 3. The normalized spacial score (nSPS) is 27.2. The molecular formula is C25H27F3N2O2. The summed E-state index contributed by atoms with van der Waals surface area (Å²) in [7, 11) is 0. The monoisotopic (exact) mass is 444 g/mol. The molecule has 0 bridgehead atoms. The summed E-state index contributed by atoms with van der Waals surface area (Å²) in [6, 6.07) is 9.96. The van der Waals surface area contributed by atoms with E-state index in [1.165, 1.54) is 24.3 Å². The van der Waals surface area contributed by atoms with E-state index in [0.29, 0.717) is 50.3 Å².